The second kappa shape index (κ2) is 4.69. The van der Waals surface area contributed by atoms with Crippen LogP contribution in [0.25, 0.3) is 0 Å². The molecule has 0 aromatic carbocycles. The normalized spacial score (nSPS) is 13.6. The van der Waals surface area contributed by atoms with Gasteiger partial charge in [0.1, 0.15) is 11.5 Å². The van der Waals surface area contributed by atoms with Crippen LogP contribution in [-0.2, 0) is 6.18 Å². The molecule has 0 saturated heterocycles. The monoisotopic (exact) mass is 234 g/mol. The van der Waals surface area contributed by atoms with Crippen molar-refractivity contribution in [3.63, 3.8) is 0 Å². The summed E-state index contributed by atoms with van der Waals surface area (Å²) in [6.07, 6.45) is -5.07. The van der Waals surface area contributed by atoms with E-state index in [0.29, 0.717) is 0 Å². The van der Waals surface area contributed by atoms with E-state index in [0.717, 1.165) is 6.07 Å². The van der Waals surface area contributed by atoms with E-state index in [1.807, 2.05) is 0 Å². The summed E-state index contributed by atoms with van der Waals surface area (Å²) in [5.74, 6) is 0.190. The summed E-state index contributed by atoms with van der Waals surface area (Å²) >= 11 is 0. The predicted molar refractivity (Wildman–Crippen MR) is 54.2 cm³/mol. The van der Waals surface area contributed by atoms with Gasteiger partial charge in [0.05, 0.1) is 6.10 Å². The third kappa shape index (κ3) is 3.37. The van der Waals surface area contributed by atoms with Gasteiger partial charge in [0.15, 0.2) is 0 Å². The van der Waals surface area contributed by atoms with Gasteiger partial charge in [0.2, 0.25) is 0 Å². The summed E-state index contributed by atoms with van der Waals surface area (Å²) in [5.41, 5.74) is -0.928. The van der Waals surface area contributed by atoms with Gasteiger partial charge >= 0.3 is 6.18 Å². The fourth-order valence-corrected chi connectivity index (χ4v) is 1.28. The highest BCUT2D eigenvalue weighted by atomic mass is 19.4. The van der Waals surface area contributed by atoms with Crippen LogP contribution in [0.2, 0.25) is 0 Å². The molecule has 0 aliphatic heterocycles. The Balaban J connectivity index is 2.90. The fourth-order valence-electron chi connectivity index (χ4n) is 1.28. The van der Waals surface area contributed by atoms with Gasteiger partial charge in [-0.25, -0.2) is 4.98 Å². The number of aliphatic hydroxyl groups is 1. The highest BCUT2D eigenvalue weighted by Crippen LogP contribution is 2.28. The quantitative estimate of drug-likeness (QED) is 0.868. The van der Waals surface area contributed by atoms with Crippen molar-refractivity contribution < 1.29 is 18.3 Å². The molecule has 0 bridgehead atoms. The molecule has 90 valence electrons. The second-order valence-corrected chi connectivity index (χ2v) is 3.61. The number of nitrogens with zero attached hydrogens (tertiary/aromatic N) is 2. The van der Waals surface area contributed by atoms with Crippen LogP contribution in [0.15, 0.2) is 18.2 Å². The van der Waals surface area contributed by atoms with Crippen LogP contribution < -0.4 is 4.90 Å². The van der Waals surface area contributed by atoms with E-state index in [2.05, 4.69) is 4.98 Å². The Morgan fingerprint density at radius 3 is 2.56 bits per heavy atom. The molecular formula is C10H13F3N2O. The van der Waals surface area contributed by atoms with Crippen molar-refractivity contribution in [3.05, 3.63) is 23.9 Å². The lowest BCUT2D eigenvalue weighted by Crippen LogP contribution is -2.28. The molecule has 0 aliphatic rings. The average molecular weight is 234 g/mol. The zero-order valence-corrected chi connectivity index (χ0v) is 8.99. The van der Waals surface area contributed by atoms with Gasteiger partial charge in [-0.05, 0) is 19.1 Å². The Bertz CT molecular complexity index is 352. The lowest BCUT2D eigenvalue weighted by atomic mass is 10.3. The zero-order valence-electron chi connectivity index (χ0n) is 8.99. The van der Waals surface area contributed by atoms with Gasteiger partial charge in [0, 0.05) is 13.6 Å². The lowest BCUT2D eigenvalue weighted by Gasteiger charge is -2.20. The zero-order chi connectivity index (χ0) is 12.3. The van der Waals surface area contributed by atoms with Crippen LogP contribution >= 0.6 is 0 Å². The maximum absolute atomic E-state index is 12.4. The first kappa shape index (κ1) is 12.8. The summed E-state index contributed by atoms with van der Waals surface area (Å²) in [5, 5.41) is 9.12. The third-order valence-electron chi connectivity index (χ3n) is 1.95. The van der Waals surface area contributed by atoms with Gasteiger partial charge in [-0.2, -0.15) is 13.2 Å². The maximum atomic E-state index is 12.4. The van der Waals surface area contributed by atoms with E-state index in [1.54, 1.807) is 14.0 Å². The van der Waals surface area contributed by atoms with Crippen molar-refractivity contribution >= 4 is 5.82 Å². The topological polar surface area (TPSA) is 36.4 Å². The molecule has 1 aromatic rings. The summed E-state index contributed by atoms with van der Waals surface area (Å²) in [4.78, 5) is 4.96. The van der Waals surface area contributed by atoms with Crippen molar-refractivity contribution in [1.29, 1.82) is 0 Å². The highest BCUT2D eigenvalue weighted by molar-refractivity contribution is 5.38. The van der Waals surface area contributed by atoms with E-state index >= 15 is 0 Å². The van der Waals surface area contributed by atoms with Crippen LogP contribution in [-0.4, -0.2) is 29.8 Å². The number of alkyl halides is 3. The maximum Gasteiger partial charge on any atom is 0.433 e. The molecule has 0 radical (unpaired) electrons. The molecule has 1 atom stereocenters. The number of aromatic nitrogens is 1. The van der Waals surface area contributed by atoms with Crippen molar-refractivity contribution in [3.8, 4) is 0 Å². The SMILES string of the molecule is CC(O)CN(C)c1cccc(C(F)(F)F)n1. The van der Waals surface area contributed by atoms with Crippen molar-refractivity contribution in [2.75, 3.05) is 18.5 Å². The first-order valence-electron chi connectivity index (χ1n) is 4.74. The molecule has 1 N–H and O–H groups in total. The molecule has 0 spiro atoms. The summed E-state index contributed by atoms with van der Waals surface area (Å²) in [6.45, 7) is 1.79. The first-order valence-corrected chi connectivity index (χ1v) is 4.74. The minimum Gasteiger partial charge on any atom is -0.392 e. The van der Waals surface area contributed by atoms with Crippen LogP contribution in [0.4, 0.5) is 19.0 Å². The molecule has 1 heterocycles. The van der Waals surface area contributed by atoms with E-state index in [1.165, 1.54) is 17.0 Å². The van der Waals surface area contributed by atoms with E-state index in [-0.39, 0.29) is 12.4 Å². The molecule has 0 saturated carbocycles. The molecule has 1 aromatic heterocycles. The van der Waals surface area contributed by atoms with Gasteiger partial charge in [-0.15, -0.1) is 0 Å². The van der Waals surface area contributed by atoms with Gasteiger partial charge in [-0.3, -0.25) is 0 Å². The molecule has 1 unspecified atom stereocenters. The number of anilines is 1. The number of hydrogen-bond acceptors (Lipinski definition) is 3. The predicted octanol–water partition coefficient (Wildman–Crippen LogP) is 1.92. The van der Waals surface area contributed by atoms with Crippen LogP contribution in [0.1, 0.15) is 12.6 Å². The second-order valence-electron chi connectivity index (χ2n) is 3.61. The van der Waals surface area contributed by atoms with Gasteiger partial charge in [-0.1, -0.05) is 6.07 Å². The Hall–Kier alpha value is -1.30. The van der Waals surface area contributed by atoms with E-state index in [4.69, 9.17) is 5.11 Å². The number of pyridine rings is 1. The van der Waals surface area contributed by atoms with Crippen LogP contribution in [0.3, 0.4) is 0 Å². The molecule has 3 nitrogen and oxygen atoms in total. The standard InChI is InChI=1S/C10H13F3N2O/c1-7(16)6-15(2)9-5-3-4-8(14-9)10(11,12)13/h3-5,7,16H,6H2,1-2H3. The van der Waals surface area contributed by atoms with Gasteiger partial charge < -0.3 is 10.0 Å². The van der Waals surface area contributed by atoms with E-state index < -0.39 is 18.0 Å². The van der Waals surface area contributed by atoms with E-state index in [9.17, 15) is 13.2 Å². The van der Waals surface area contributed by atoms with Crippen molar-refractivity contribution in [2.45, 2.75) is 19.2 Å². The number of aliphatic hydroxyl groups excluding tert-OH is 1. The minimum absolute atomic E-state index is 0.190. The number of rotatable bonds is 3. The van der Waals surface area contributed by atoms with Gasteiger partial charge in [0.25, 0.3) is 0 Å². The Labute approximate surface area is 91.5 Å². The molecule has 0 amide bonds. The Morgan fingerprint density at radius 2 is 2.06 bits per heavy atom. The van der Waals surface area contributed by atoms with Crippen LogP contribution in [0, 0.1) is 0 Å². The molecule has 16 heavy (non-hydrogen) atoms. The lowest BCUT2D eigenvalue weighted by molar-refractivity contribution is -0.141. The minimum atomic E-state index is -4.44. The molecular weight excluding hydrogens is 221 g/mol. The Kier molecular flexibility index (Phi) is 3.74. The molecule has 0 aliphatic carbocycles. The largest absolute Gasteiger partial charge is 0.433 e. The third-order valence-corrected chi connectivity index (χ3v) is 1.95. The first-order chi connectivity index (χ1) is 7.30. The highest BCUT2D eigenvalue weighted by Gasteiger charge is 2.32. The number of hydrogen-bond donors (Lipinski definition) is 1. The molecule has 6 heteroatoms. The molecule has 1 rings (SSSR count). The summed E-state index contributed by atoms with van der Waals surface area (Å²) < 4.78 is 37.1. The van der Waals surface area contributed by atoms with Crippen molar-refractivity contribution in [2.24, 2.45) is 0 Å². The number of likely N-dealkylation sites (N-methyl/N-ethyl adjacent to an activating group) is 1. The Morgan fingerprint density at radius 1 is 1.44 bits per heavy atom. The summed E-state index contributed by atoms with van der Waals surface area (Å²) in [6, 6.07) is 3.68. The smallest absolute Gasteiger partial charge is 0.392 e. The van der Waals surface area contributed by atoms with Crippen LogP contribution in [0.5, 0.6) is 0 Å². The average Bonchev–Trinajstić information content (AvgIpc) is 2.15. The summed E-state index contributed by atoms with van der Waals surface area (Å²) in [7, 11) is 1.58. The fraction of sp³-hybridized carbons (Fsp3) is 0.500. The van der Waals surface area contributed by atoms with Crippen molar-refractivity contribution in [1.82, 2.24) is 4.98 Å². The number of halogens is 3. The molecule has 0 fully saturated rings.